The number of rotatable bonds is 1. The summed E-state index contributed by atoms with van der Waals surface area (Å²) in [6.07, 6.45) is 6.04. The van der Waals surface area contributed by atoms with E-state index in [1.165, 1.54) is 36.8 Å². The highest BCUT2D eigenvalue weighted by Gasteiger charge is 2.47. The minimum Gasteiger partial charge on any atom is -0.298 e. The lowest BCUT2D eigenvalue weighted by molar-refractivity contribution is 0.112. The lowest BCUT2D eigenvalue weighted by Crippen LogP contribution is -2.44. The molecule has 0 aromatic heterocycles. The van der Waals surface area contributed by atoms with Crippen molar-refractivity contribution in [2.75, 3.05) is 0 Å². The number of halogens is 1. The van der Waals surface area contributed by atoms with Gasteiger partial charge in [0.15, 0.2) is 6.29 Å². The summed E-state index contributed by atoms with van der Waals surface area (Å²) in [7, 11) is 0. The Kier molecular flexibility index (Phi) is 2.32. The normalized spacial score (nSPS) is 34.5. The van der Waals surface area contributed by atoms with Crippen molar-refractivity contribution in [3.8, 4) is 0 Å². The molecule has 0 heterocycles. The standard InChI is InChI=1S/C15H17BrO/c1-14-3-5-15(2,6-4-14)12-8-13(16)10(9-17)7-11(12)14/h7-9H,3-6H2,1-2H3. The molecule has 1 aromatic carbocycles. The Bertz CT molecular complexity index is 496. The van der Waals surface area contributed by atoms with Crippen molar-refractivity contribution < 1.29 is 4.79 Å². The molecule has 2 bridgehead atoms. The molecule has 0 atom stereocenters. The number of carbonyl (C=O) groups is 1. The Morgan fingerprint density at radius 1 is 1.06 bits per heavy atom. The van der Waals surface area contributed by atoms with E-state index in [1.54, 1.807) is 0 Å². The number of fused-ring (bicyclic) bond motifs is 2. The zero-order valence-corrected chi connectivity index (χ0v) is 11.9. The summed E-state index contributed by atoms with van der Waals surface area (Å²) in [4.78, 5) is 11.1. The van der Waals surface area contributed by atoms with Crippen LogP contribution >= 0.6 is 15.9 Å². The van der Waals surface area contributed by atoms with E-state index in [0.717, 1.165) is 16.3 Å². The Labute approximate surface area is 111 Å². The molecule has 0 N–H and O–H groups in total. The smallest absolute Gasteiger partial charge is 0.151 e. The molecule has 1 saturated carbocycles. The quantitative estimate of drug-likeness (QED) is 0.703. The topological polar surface area (TPSA) is 17.1 Å². The summed E-state index contributed by atoms with van der Waals surface area (Å²) >= 11 is 3.52. The van der Waals surface area contributed by atoms with Crippen molar-refractivity contribution in [1.82, 2.24) is 0 Å². The van der Waals surface area contributed by atoms with Crippen LogP contribution in [0.5, 0.6) is 0 Å². The lowest BCUT2D eigenvalue weighted by atomic mass is 9.52. The molecule has 0 aliphatic heterocycles. The molecule has 3 aliphatic rings. The highest BCUT2D eigenvalue weighted by atomic mass is 79.9. The van der Waals surface area contributed by atoms with Crippen LogP contribution in [0.25, 0.3) is 0 Å². The maximum absolute atomic E-state index is 11.1. The molecule has 0 radical (unpaired) electrons. The van der Waals surface area contributed by atoms with Gasteiger partial charge in [-0.2, -0.15) is 0 Å². The second-order valence-corrected chi connectivity index (χ2v) is 7.01. The predicted octanol–water partition coefficient (Wildman–Crippen LogP) is 4.36. The summed E-state index contributed by atoms with van der Waals surface area (Å²) in [5, 5.41) is 0. The van der Waals surface area contributed by atoms with E-state index < -0.39 is 0 Å². The summed E-state index contributed by atoms with van der Waals surface area (Å²) < 4.78 is 0.948. The third-order valence-corrected chi connectivity index (χ3v) is 5.71. The second kappa shape index (κ2) is 3.44. The lowest BCUT2D eigenvalue weighted by Gasteiger charge is -2.52. The number of hydrogen-bond acceptors (Lipinski definition) is 1. The van der Waals surface area contributed by atoms with Gasteiger partial charge in [-0.25, -0.2) is 0 Å². The van der Waals surface area contributed by atoms with Gasteiger partial charge in [0.25, 0.3) is 0 Å². The van der Waals surface area contributed by atoms with Crippen molar-refractivity contribution in [2.45, 2.75) is 50.4 Å². The first-order valence-electron chi connectivity index (χ1n) is 6.28. The third kappa shape index (κ3) is 1.46. The van der Waals surface area contributed by atoms with E-state index in [-0.39, 0.29) is 0 Å². The molecular formula is C15H17BrO. The molecule has 0 spiro atoms. The first kappa shape index (κ1) is 11.5. The zero-order chi connectivity index (χ0) is 12.3. The molecule has 0 unspecified atom stereocenters. The highest BCUT2D eigenvalue weighted by Crippen LogP contribution is 2.56. The molecule has 0 amide bonds. The Balaban J connectivity index is 2.29. The van der Waals surface area contributed by atoms with Gasteiger partial charge >= 0.3 is 0 Å². The molecule has 1 aromatic rings. The van der Waals surface area contributed by atoms with Crippen molar-refractivity contribution in [2.24, 2.45) is 0 Å². The van der Waals surface area contributed by atoms with Gasteiger partial charge in [0, 0.05) is 10.0 Å². The third-order valence-electron chi connectivity index (χ3n) is 5.02. The fourth-order valence-corrected chi connectivity index (χ4v) is 4.01. The van der Waals surface area contributed by atoms with Gasteiger partial charge in [-0.05, 0) is 59.8 Å². The Morgan fingerprint density at radius 2 is 1.53 bits per heavy atom. The number of aldehydes is 1. The van der Waals surface area contributed by atoms with Crippen LogP contribution in [0.1, 0.15) is 61.0 Å². The highest BCUT2D eigenvalue weighted by molar-refractivity contribution is 9.10. The number of hydrogen-bond donors (Lipinski definition) is 0. The zero-order valence-electron chi connectivity index (χ0n) is 10.3. The van der Waals surface area contributed by atoms with Gasteiger partial charge in [0.1, 0.15) is 0 Å². The minimum atomic E-state index is 0.297. The van der Waals surface area contributed by atoms with Gasteiger partial charge in [-0.3, -0.25) is 4.79 Å². The number of carbonyl (C=O) groups excluding carboxylic acids is 1. The van der Waals surface area contributed by atoms with Gasteiger partial charge < -0.3 is 0 Å². The minimum absolute atomic E-state index is 0.297. The molecule has 90 valence electrons. The van der Waals surface area contributed by atoms with Crippen LogP contribution < -0.4 is 0 Å². The van der Waals surface area contributed by atoms with Crippen LogP contribution in [-0.2, 0) is 10.8 Å². The predicted molar refractivity (Wildman–Crippen MR) is 72.7 cm³/mol. The summed E-state index contributed by atoms with van der Waals surface area (Å²) in [5.74, 6) is 0. The van der Waals surface area contributed by atoms with Crippen LogP contribution in [0, 0.1) is 0 Å². The fourth-order valence-electron chi connectivity index (χ4n) is 3.57. The first-order valence-corrected chi connectivity index (χ1v) is 7.08. The number of benzene rings is 1. The Morgan fingerprint density at radius 3 is 2.00 bits per heavy atom. The molecule has 3 aliphatic carbocycles. The maximum atomic E-state index is 11.1. The van der Waals surface area contributed by atoms with E-state index in [9.17, 15) is 4.79 Å². The average Bonchev–Trinajstić information content (AvgIpc) is 2.32. The first-order chi connectivity index (χ1) is 7.98. The van der Waals surface area contributed by atoms with Crippen LogP contribution in [0.4, 0.5) is 0 Å². The maximum Gasteiger partial charge on any atom is 0.151 e. The summed E-state index contributed by atoms with van der Waals surface area (Å²) in [6, 6.07) is 4.30. The van der Waals surface area contributed by atoms with Gasteiger partial charge in [-0.1, -0.05) is 29.8 Å². The molecule has 4 rings (SSSR count). The van der Waals surface area contributed by atoms with Crippen LogP contribution in [0.2, 0.25) is 0 Å². The summed E-state index contributed by atoms with van der Waals surface area (Å²) in [5.41, 5.74) is 4.31. The molecule has 17 heavy (non-hydrogen) atoms. The van der Waals surface area contributed by atoms with E-state index in [0.29, 0.717) is 10.8 Å². The van der Waals surface area contributed by atoms with E-state index >= 15 is 0 Å². The van der Waals surface area contributed by atoms with Crippen LogP contribution in [0.3, 0.4) is 0 Å². The fraction of sp³-hybridized carbons (Fsp3) is 0.533. The Hall–Kier alpha value is -0.630. The van der Waals surface area contributed by atoms with Crippen molar-refractivity contribution >= 4 is 22.2 Å². The van der Waals surface area contributed by atoms with Crippen molar-refractivity contribution in [3.05, 3.63) is 33.3 Å². The molecule has 1 nitrogen and oxygen atoms in total. The SMILES string of the molecule is CC12CCC(C)(CC1)c1cc(C=O)c(Br)cc12. The van der Waals surface area contributed by atoms with Gasteiger partial charge in [0.05, 0.1) is 0 Å². The monoisotopic (exact) mass is 292 g/mol. The molecule has 1 fully saturated rings. The molecular weight excluding hydrogens is 276 g/mol. The van der Waals surface area contributed by atoms with Gasteiger partial charge in [-0.15, -0.1) is 0 Å². The van der Waals surface area contributed by atoms with E-state index in [2.05, 4.69) is 41.9 Å². The van der Waals surface area contributed by atoms with Crippen molar-refractivity contribution in [3.63, 3.8) is 0 Å². The van der Waals surface area contributed by atoms with E-state index in [1.807, 2.05) is 0 Å². The summed E-state index contributed by atoms with van der Waals surface area (Å²) in [6.45, 7) is 4.73. The second-order valence-electron chi connectivity index (χ2n) is 6.16. The average molecular weight is 293 g/mol. The van der Waals surface area contributed by atoms with Crippen LogP contribution in [0.15, 0.2) is 16.6 Å². The molecule has 2 heteroatoms. The van der Waals surface area contributed by atoms with Crippen LogP contribution in [-0.4, -0.2) is 6.29 Å². The van der Waals surface area contributed by atoms with E-state index in [4.69, 9.17) is 0 Å². The largest absolute Gasteiger partial charge is 0.298 e. The molecule has 0 saturated heterocycles. The van der Waals surface area contributed by atoms with Gasteiger partial charge in [0.2, 0.25) is 0 Å². The van der Waals surface area contributed by atoms with Crippen molar-refractivity contribution in [1.29, 1.82) is 0 Å².